The number of pyridine rings is 1. The van der Waals surface area contributed by atoms with Gasteiger partial charge in [0.25, 0.3) is 0 Å². The summed E-state index contributed by atoms with van der Waals surface area (Å²) in [7, 11) is 0. The van der Waals surface area contributed by atoms with E-state index in [4.69, 9.17) is 10.4 Å². The molecule has 0 aliphatic heterocycles. The molecule has 2 N–H and O–H groups in total. The molecule has 2 aromatic rings. The summed E-state index contributed by atoms with van der Waals surface area (Å²) in [5, 5.41) is 20.1. The second-order valence-electron chi connectivity index (χ2n) is 8.32. The van der Waals surface area contributed by atoms with Crippen molar-refractivity contribution in [3.8, 4) is 6.07 Å². The molecule has 1 heterocycles. The summed E-state index contributed by atoms with van der Waals surface area (Å²) in [6.45, 7) is 0.103. The summed E-state index contributed by atoms with van der Waals surface area (Å²) < 4.78 is 0. The van der Waals surface area contributed by atoms with Gasteiger partial charge in [0.05, 0.1) is 23.9 Å². The van der Waals surface area contributed by atoms with Gasteiger partial charge in [-0.2, -0.15) is 5.26 Å². The minimum absolute atomic E-state index is 0.0349. The predicted octanol–water partition coefficient (Wildman–Crippen LogP) is 4.75. The Morgan fingerprint density at radius 1 is 1.00 bits per heavy atom. The van der Waals surface area contributed by atoms with Crippen molar-refractivity contribution in [3.05, 3.63) is 64.5 Å². The van der Waals surface area contributed by atoms with Crippen LogP contribution in [-0.2, 0) is 6.54 Å². The van der Waals surface area contributed by atoms with E-state index in [0.717, 1.165) is 44.1 Å². The van der Waals surface area contributed by atoms with Gasteiger partial charge >= 0.3 is 6.09 Å². The van der Waals surface area contributed by atoms with Crippen molar-refractivity contribution >= 4 is 11.9 Å². The van der Waals surface area contributed by atoms with Crippen molar-refractivity contribution in [2.24, 2.45) is 5.92 Å². The molecule has 0 unspecified atom stereocenters. The third-order valence-electron chi connectivity index (χ3n) is 6.26. The average Bonchev–Trinajstić information content (AvgIpc) is 3.62. The molecule has 0 spiro atoms. The number of ketones is 1. The third kappa shape index (κ3) is 4.51. The largest absolute Gasteiger partial charge is 0.465 e. The Morgan fingerprint density at radius 3 is 2.27 bits per heavy atom. The maximum atomic E-state index is 13.3. The zero-order valence-corrected chi connectivity index (χ0v) is 16.8. The topological polar surface area (TPSA) is 103 Å². The molecule has 30 heavy (non-hydrogen) atoms. The zero-order chi connectivity index (χ0) is 21.1. The van der Waals surface area contributed by atoms with E-state index < -0.39 is 6.09 Å². The van der Waals surface area contributed by atoms with Crippen LogP contribution in [0.4, 0.5) is 4.79 Å². The predicted molar refractivity (Wildman–Crippen MR) is 111 cm³/mol. The number of nitrogens with one attached hydrogen (secondary N) is 1. The number of carboxylic acid groups (broad SMARTS) is 1. The fourth-order valence-electron chi connectivity index (χ4n) is 4.41. The number of rotatable bonds is 6. The van der Waals surface area contributed by atoms with Gasteiger partial charge in [-0.15, -0.1) is 0 Å². The van der Waals surface area contributed by atoms with Gasteiger partial charge in [-0.3, -0.25) is 4.79 Å². The van der Waals surface area contributed by atoms with Crippen LogP contribution in [0.1, 0.15) is 83.2 Å². The SMILES string of the molecule is N#Cc1ccc(C2CCC(C(=O)c3nc(CNC(=O)O)ccc3C3CC3)CC2)cc1. The number of nitrogens with zero attached hydrogens (tertiary/aromatic N) is 2. The van der Waals surface area contributed by atoms with Crippen molar-refractivity contribution < 1.29 is 14.7 Å². The number of carbonyl (C=O) groups is 2. The highest BCUT2D eigenvalue weighted by Gasteiger charge is 2.33. The highest BCUT2D eigenvalue weighted by atomic mass is 16.4. The number of carbonyl (C=O) groups excluding carboxylic acids is 1. The van der Waals surface area contributed by atoms with Crippen molar-refractivity contribution in [1.29, 1.82) is 5.26 Å². The van der Waals surface area contributed by atoms with Gasteiger partial charge in [0.2, 0.25) is 0 Å². The Balaban J connectivity index is 1.46. The van der Waals surface area contributed by atoms with Crippen molar-refractivity contribution in [2.45, 2.75) is 56.9 Å². The molecule has 6 nitrogen and oxygen atoms in total. The molecule has 1 amide bonds. The standard InChI is InChI=1S/C24H25N3O3/c25-13-15-1-3-16(4-2-15)17-5-9-19(10-6-17)23(28)22-21(18-7-8-18)12-11-20(27-22)14-26-24(29)30/h1-4,11-12,17-19,26H,5-10,14H2,(H,29,30). The molecule has 2 aliphatic carbocycles. The number of benzene rings is 1. The molecule has 2 aliphatic rings. The Labute approximate surface area is 176 Å². The van der Waals surface area contributed by atoms with Gasteiger partial charge in [0.1, 0.15) is 5.69 Å². The number of aromatic nitrogens is 1. The molecule has 0 radical (unpaired) electrons. The van der Waals surface area contributed by atoms with E-state index in [0.29, 0.717) is 28.8 Å². The van der Waals surface area contributed by atoms with Gasteiger partial charge in [-0.1, -0.05) is 18.2 Å². The molecule has 0 atom stereocenters. The Hall–Kier alpha value is -3.20. The Bertz CT molecular complexity index is 982. The van der Waals surface area contributed by atoms with E-state index in [1.54, 1.807) is 0 Å². The quantitative estimate of drug-likeness (QED) is 0.677. The first-order valence-corrected chi connectivity index (χ1v) is 10.6. The van der Waals surface area contributed by atoms with E-state index in [9.17, 15) is 9.59 Å². The smallest absolute Gasteiger partial charge is 0.404 e. The average molecular weight is 403 g/mol. The first kappa shape index (κ1) is 20.1. The van der Waals surface area contributed by atoms with Crippen LogP contribution in [-0.4, -0.2) is 22.0 Å². The van der Waals surface area contributed by atoms with Crippen LogP contribution >= 0.6 is 0 Å². The normalized spacial score (nSPS) is 20.9. The highest BCUT2D eigenvalue weighted by molar-refractivity contribution is 5.97. The van der Waals surface area contributed by atoms with Gasteiger partial charge in [-0.25, -0.2) is 9.78 Å². The molecule has 0 bridgehead atoms. The van der Waals surface area contributed by atoms with Crippen LogP contribution in [0.15, 0.2) is 36.4 Å². The van der Waals surface area contributed by atoms with Gasteiger partial charge in [0.15, 0.2) is 5.78 Å². The van der Waals surface area contributed by atoms with Crippen LogP contribution in [0.25, 0.3) is 0 Å². The van der Waals surface area contributed by atoms with Crippen molar-refractivity contribution in [1.82, 2.24) is 10.3 Å². The summed E-state index contributed by atoms with van der Waals surface area (Å²) in [6, 6.07) is 13.7. The molecule has 4 rings (SSSR count). The molecule has 1 aromatic heterocycles. The lowest BCUT2D eigenvalue weighted by Gasteiger charge is -2.28. The monoisotopic (exact) mass is 403 g/mol. The van der Waals surface area contributed by atoms with Gasteiger partial charge in [0, 0.05) is 5.92 Å². The fourth-order valence-corrected chi connectivity index (χ4v) is 4.41. The number of hydrogen-bond acceptors (Lipinski definition) is 4. The van der Waals surface area contributed by atoms with Crippen LogP contribution in [0.5, 0.6) is 0 Å². The molecular weight excluding hydrogens is 378 g/mol. The third-order valence-corrected chi connectivity index (χ3v) is 6.26. The molecule has 2 saturated carbocycles. The molecule has 1 aromatic carbocycles. The number of amides is 1. The second-order valence-corrected chi connectivity index (χ2v) is 8.32. The van der Waals surface area contributed by atoms with Crippen LogP contribution in [0.2, 0.25) is 0 Å². The molecule has 2 fully saturated rings. The minimum Gasteiger partial charge on any atom is -0.465 e. The lowest BCUT2D eigenvalue weighted by atomic mass is 9.76. The molecule has 0 saturated heterocycles. The fraction of sp³-hybridized carbons (Fsp3) is 0.417. The highest BCUT2D eigenvalue weighted by Crippen LogP contribution is 2.43. The van der Waals surface area contributed by atoms with E-state index in [-0.39, 0.29) is 18.2 Å². The molecule has 6 heteroatoms. The maximum Gasteiger partial charge on any atom is 0.404 e. The zero-order valence-electron chi connectivity index (χ0n) is 16.8. The van der Waals surface area contributed by atoms with Crippen LogP contribution in [0.3, 0.4) is 0 Å². The lowest BCUT2D eigenvalue weighted by Crippen LogP contribution is -2.25. The van der Waals surface area contributed by atoms with Crippen LogP contribution < -0.4 is 5.32 Å². The summed E-state index contributed by atoms with van der Waals surface area (Å²) in [4.78, 5) is 28.7. The van der Waals surface area contributed by atoms with E-state index in [2.05, 4.69) is 16.4 Å². The minimum atomic E-state index is -1.10. The summed E-state index contributed by atoms with van der Waals surface area (Å²) in [5.74, 6) is 0.899. The number of Topliss-reactive ketones (excluding diaryl/α,β-unsaturated/α-hetero) is 1. The Morgan fingerprint density at radius 2 is 1.67 bits per heavy atom. The summed E-state index contributed by atoms with van der Waals surface area (Å²) in [5.41, 5.74) is 4.05. The van der Waals surface area contributed by atoms with E-state index in [1.807, 2.05) is 36.4 Å². The van der Waals surface area contributed by atoms with Crippen molar-refractivity contribution in [2.75, 3.05) is 0 Å². The van der Waals surface area contributed by atoms with Crippen LogP contribution in [0, 0.1) is 17.2 Å². The first-order chi connectivity index (χ1) is 14.5. The van der Waals surface area contributed by atoms with Gasteiger partial charge in [-0.05, 0) is 79.7 Å². The first-order valence-electron chi connectivity index (χ1n) is 10.6. The maximum absolute atomic E-state index is 13.3. The summed E-state index contributed by atoms with van der Waals surface area (Å²) in [6.07, 6.45) is 4.61. The van der Waals surface area contributed by atoms with Gasteiger partial charge < -0.3 is 10.4 Å². The number of nitriles is 1. The second kappa shape index (κ2) is 8.66. The number of hydrogen-bond donors (Lipinski definition) is 2. The Kier molecular flexibility index (Phi) is 5.80. The summed E-state index contributed by atoms with van der Waals surface area (Å²) >= 11 is 0. The molecular formula is C24H25N3O3. The lowest BCUT2D eigenvalue weighted by molar-refractivity contribution is 0.0877. The van der Waals surface area contributed by atoms with Crippen molar-refractivity contribution in [3.63, 3.8) is 0 Å². The van der Waals surface area contributed by atoms with E-state index >= 15 is 0 Å². The molecule has 154 valence electrons. The van der Waals surface area contributed by atoms with E-state index in [1.165, 1.54) is 5.56 Å².